The molecule has 0 saturated carbocycles. The molecule has 0 aliphatic carbocycles. The van der Waals surface area contributed by atoms with E-state index in [4.69, 9.17) is 23.7 Å². The molecular weight excluding hydrogens is 266 g/mol. The van der Waals surface area contributed by atoms with Gasteiger partial charge in [-0.3, -0.25) is 4.79 Å². The minimum absolute atomic E-state index is 0.160. The lowest BCUT2D eigenvalue weighted by molar-refractivity contribution is -0.182. The monoisotopic (exact) mass is 289 g/mol. The molecule has 0 bridgehead atoms. The van der Waals surface area contributed by atoms with Gasteiger partial charge in [-0.05, 0) is 13.8 Å². The van der Waals surface area contributed by atoms with Gasteiger partial charge in [0.2, 0.25) is 5.91 Å². The van der Waals surface area contributed by atoms with Crippen LogP contribution in [0, 0.1) is 0 Å². The van der Waals surface area contributed by atoms with E-state index >= 15 is 0 Å². The van der Waals surface area contributed by atoms with Crippen molar-refractivity contribution in [2.75, 3.05) is 20.8 Å². The third-order valence-corrected chi connectivity index (χ3v) is 3.53. The lowest BCUT2D eigenvalue weighted by Gasteiger charge is -2.25. The van der Waals surface area contributed by atoms with Gasteiger partial charge in [0.15, 0.2) is 12.1 Å². The largest absolute Gasteiger partial charge is 0.376 e. The van der Waals surface area contributed by atoms with Crippen molar-refractivity contribution in [3.63, 3.8) is 0 Å². The molecule has 1 N–H and O–H groups in total. The molecule has 20 heavy (non-hydrogen) atoms. The summed E-state index contributed by atoms with van der Waals surface area (Å²) in [5.41, 5.74) is 0. The standard InChI is InChI=1S/C13H23NO6/c1-7(15)14-9-11(16-4)10(19-12(9)17-5)8-6-18-13(2,3)20-8/h8-12H,6H2,1-5H3,(H,14,15). The van der Waals surface area contributed by atoms with Crippen LogP contribution in [0.15, 0.2) is 0 Å². The second-order valence-electron chi connectivity index (χ2n) is 5.50. The molecular formula is C13H23NO6. The molecule has 7 heteroatoms. The Kier molecular flexibility index (Phi) is 4.66. The quantitative estimate of drug-likeness (QED) is 0.787. The highest BCUT2D eigenvalue weighted by Crippen LogP contribution is 2.33. The number of hydrogen-bond acceptors (Lipinski definition) is 6. The van der Waals surface area contributed by atoms with Crippen LogP contribution >= 0.6 is 0 Å². The summed E-state index contributed by atoms with van der Waals surface area (Å²) in [7, 11) is 3.11. The van der Waals surface area contributed by atoms with Gasteiger partial charge in [-0.15, -0.1) is 0 Å². The summed E-state index contributed by atoms with van der Waals surface area (Å²) in [6, 6.07) is -0.375. The number of ether oxygens (including phenoxy) is 5. The number of hydrogen-bond donors (Lipinski definition) is 1. The summed E-state index contributed by atoms with van der Waals surface area (Å²) in [5, 5.41) is 2.81. The highest BCUT2D eigenvalue weighted by molar-refractivity contribution is 5.73. The Morgan fingerprint density at radius 2 is 2.00 bits per heavy atom. The summed E-state index contributed by atoms with van der Waals surface area (Å²) >= 11 is 0. The average molecular weight is 289 g/mol. The van der Waals surface area contributed by atoms with E-state index in [9.17, 15) is 4.79 Å². The Morgan fingerprint density at radius 1 is 1.30 bits per heavy atom. The van der Waals surface area contributed by atoms with Gasteiger partial charge in [0.1, 0.15) is 24.4 Å². The first-order chi connectivity index (χ1) is 9.38. The van der Waals surface area contributed by atoms with Crippen molar-refractivity contribution in [3.05, 3.63) is 0 Å². The number of carbonyl (C=O) groups is 1. The number of nitrogens with one attached hydrogen (secondary N) is 1. The normalized spacial score (nSPS) is 40.0. The van der Waals surface area contributed by atoms with Crippen molar-refractivity contribution in [1.82, 2.24) is 5.32 Å². The first kappa shape index (κ1) is 15.7. The topological polar surface area (TPSA) is 75.2 Å². The van der Waals surface area contributed by atoms with Crippen LogP contribution in [0.5, 0.6) is 0 Å². The van der Waals surface area contributed by atoms with Crippen molar-refractivity contribution in [1.29, 1.82) is 0 Å². The zero-order valence-electron chi connectivity index (χ0n) is 12.5. The maximum atomic E-state index is 11.3. The first-order valence-electron chi connectivity index (χ1n) is 6.68. The van der Waals surface area contributed by atoms with Gasteiger partial charge in [0, 0.05) is 21.1 Å². The molecule has 2 aliphatic heterocycles. The van der Waals surface area contributed by atoms with Crippen LogP contribution in [-0.4, -0.2) is 63.2 Å². The summed E-state index contributed by atoms with van der Waals surface area (Å²) in [6.45, 7) is 5.57. The van der Waals surface area contributed by atoms with Crippen LogP contribution in [0.3, 0.4) is 0 Å². The number of amides is 1. The van der Waals surface area contributed by atoms with Crippen LogP contribution in [0.2, 0.25) is 0 Å². The molecule has 116 valence electrons. The van der Waals surface area contributed by atoms with Gasteiger partial charge in [0.05, 0.1) is 6.61 Å². The zero-order chi connectivity index (χ0) is 14.9. The number of methoxy groups -OCH3 is 2. The molecule has 1 amide bonds. The molecule has 0 aromatic heterocycles. The van der Waals surface area contributed by atoms with Crippen molar-refractivity contribution in [3.8, 4) is 0 Å². The number of rotatable bonds is 4. The smallest absolute Gasteiger partial charge is 0.217 e. The van der Waals surface area contributed by atoms with Crippen LogP contribution in [0.1, 0.15) is 20.8 Å². The Morgan fingerprint density at radius 3 is 2.45 bits per heavy atom. The van der Waals surface area contributed by atoms with Crippen molar-refractivity contribution >= 4 is 5.91 Å². The highest BCUT2D eigenvalue weighted by atomic mass is 16.8. The van der Waals surface area contributed by atoms with Gasteiger partial charge < -0.3 is 29.0 Å². The van der Waals surface area contributed by atoms with E-state index in [1.165, 1.54) is 14.0 Å². The Labute approximate surface area is 118 Å². The minimum Gasteiger partial charge on any atom is -0.376 e. The second kappa shape index (κ2) is 5.95. The van der Waals surface area contributed by atoms with Crippen molar-refractivity contribution in [2.24, 2.45) is 0 Å². The summed E-state index contributed by atoms with van der Waals surface area (Å²) in [4.78, 5) is 11.3. The summed E-state index contributed by atoms with van der Waals surface area (Å²) in [6.07, 6.45) is -1.54. The molecule has 0 spiro atoms. The molecule has 2 fully saturated rings. The van der Waals surface area contributed by atoms with E-state index in [0.717, 1.165) is 0 Å². The predicted octanol–water partition coefficient (Wildman–Crippen LogP) is 0.0289. The van der Waals surface area contributed by atoms with Gasteiger partial charge in [-0.1, -0.05) is 0 Å². The molecule has 2 aliphatic rings. The van der Waals surface area contributed by atoms with E-state index in [1.807, 2.05) is 13.8 Å². The lowest BCUT2D eigenvalue weighted by Crippen LogP contribution is -2.50. The van der Waals surface area contributed by atoms with Crippen LogP contribution in [0.25, 0.3) is 0 Å². The molecule has 2 rings (SSSR count). The van der Waals surface area contributed by atoms with Gasteiger partial charge in [-0.2, -0.15) is 0 Å². The lowest BCUT2D eigenvalue weighted by atomic mass is 10.0. The zero-order valence-corrected chi connectivity index (χ0v) is 12.5. The Balaban J connectivity index is 2.11. The molecule has 5 atom stereocenters. The molecule has 2 saturated heterocycles. The second-order valence-corrected chi connectivity index (χ2v) is 5.50. The van der Waals surface area contributed by atoms with Gasteiger partial charge >= 0.3 is 0 Å². The maximum Gasteiger partial charge on any atom is 0.217 e. The van der Waals surface area contributed by atoms with Gasteiger partial charge in [0.25, 0.3) is 0 Å². The minimum atomic E-state index is -0.638. The van der Waals surface area contributed by atoms with Crippen LogP contribution in [-0.2, 0) is 28.5 Å². The highest BCUT2D eigenvalue weighted by Gasteiger charge is 2.52. The third kappa shape index (κ3) is 3.12. The molecule has 7 nitrogen and oxygen atoms in total. The molecule has 0 aromatic carbocycles. The van der Waals surface area contributed by atoms with Gasteiger partial charge in [-0.25, -0.2) is 0 Å². The third-order valence-electron chi connectivity index (χ3n) is 3.53. The fraction of sp³-hybridized carbons (Fsp3) is 0.923. The Bertz CT molecular complexity index is 361. The number of carbonyl (C=O) groups excluding carboxylic acids is 1. The molecule has 5 unspecified atom stereocenters. The van der Waals surface area contributed by atoms with Crippen molar-refractivity contribution < 1.29 is 28.5 Å². The molecule has 0 aromatic rings. The fourth-order valence-corrected chi connectivity index (χ4v) is 2.72. The van der Waals surface area contributed by atoms with E-state index < -0.39 is 12.1 Å². The average Bonchev–Trinajstić information content (AvgIpc) is 2.88. The van der Waals surface area contributed by atoms with E-state index in [0.29, 0.717) is 6.61 Å². The Hall–Kier alpha value is -0.730. The summed E-state index contributed by atoms with van der Waals surface area (Å²) in [5.74, 6) is -0.798. The summed E-state index contributed by atoms with van der Waals surface area (Å²) < 4.78 is 28.0. The molecule has 2 heterocycles. The van der Waals surface area contributed by atoms with Crippen LogP contribution < -0.4 is 5.32 Å². The SMILES string of the molecule is COC1OC(C2COC(C)(C)O2)C(OC)C1NC(C)=O. The van der Waals surface area contributed by atoms with Crippen molar-refractivity contribution in [2.45, 2.75) is 57.2 Å². The predicted molar refractivity (Wildman–Crippen MR) is 69.0 cm³/mol. The first-order valence-corrected chi connectivity index (χ1v) is 6.68. The van der Waals surface area contributed by atoms with E-state index in [-0.39, 0.29) is 30.3 Å². The molecule has 0 radical (unpaired) electrons. The van der Waals surface area contributed by atoms with Crippen LogP contribution in [0.4, 0.5) is 0 Å². The van der Waals surface area contributed by atoms with E-state index in [2.05, 4.69) is 5.32 Å². The fourth-order valence-electron chi connectivity index (χ4n) is 2.72. The maximum absolute atomic E-state index is 11.3. The van der Waals surface area contributed by atoms with E-state index in [1.54, 1.807) is 7.11 Å².